The zero-order valence-electron chi connectivity index (χ0n) is 15.7. The number of hydrogen-bond acceptors (Lipinski definition) is 4. The normalized spacial score (nSPS) is 27.8. The third-order valence-electron chi connectivity index (χ3n) is 6.46. The van der Waals surface area contributed by atoms with Crippen molar-refractivity contribution >= 4 is 11.9 Å². The number of aromatic nitrogens is 2. The number of allylic oxidation sites excluding steroid dienone is 1. The van der Waals surface area contributed by atoms with Crippen LogP contribution in [0.3, 0.4) is 0 Å². The first-order valence-electron chi connectivity index (χ1n) is 9.92. The second kappa shape index (κ2) is 7.46. The Labute approximate surface area is 159 Å². The number of carbonyl (C=O) groups excluding carboxylic acids is 1. The van der Waals surface area contributed by atoms with Gasteiger partial charge in [-0.3, -0.25) is 14.5 Å². The van der Waals surface area contributed by atoms with Gasteiger partial charge in [0.05, 0.1) is 6.54 Å². The van der Waals surface area contributed by atoms with Crippen LogP contribution in [-0.2, 0) is 16.1 Å². The van der Waals surface area contributed by atoms with Crippen LogP contribution in [0.15, 0.2) is 24.0 Å². The lowest BCUT2D eigenvalue weighted by Crippen LogP contribution is -2.37. The summed E-state index contributed by atoms with van der Waals surface area (Å²) in [7, 11) is 0. The third kappa shape index (κ3) is 3.93. The standard InChI is InChI=1S/C20H28N4O3/c25-18(9-15-3-1-2-4-15)24-11-16-10-23(12-17-21-7-8-22-17)13-20(16,14-24)6-5-19(26)27/h3,7-8,16H,1-2,4-6,9-14H2,(H,21,22)(H,26,27). The van der Waals surface area contributed by atoms with Crippen LogP contribution in [0.5, 0.6) is 0 Å². The summed E-state index contributed by atoms with van der Waals surface area (Å²) in [4.78, 5) is 35.8. The van der Waals surface area contributed by atoms with E-state index in [1.165, 1.54) is 5.57 Å². The maximum Gasteiger partial charge on any atom is 0.303 e. The van der Waals surface area contributed by atoms with E-state index in [-0.39, 0.29) is 17.7 Å². The molecule has 146 valence electrons. The van der Waals surface area contributed by atoms with Gasteiger partial charge in [0, 0.05) is 56.8 Å². The molecule has 0 spiro atoms. The lowest BCUT2D eigenvalue weighted by atomic mass is 9.77. The van der Waals surface area contributed by atoms with Gasteiger partial charge in [-0.05, 0) is 31.6 Å². The Morgan fingerprint density at radius 3 is 2.93 bits per heavy atom. The first-order chi connectivity index (χ1) is 13.0. The lowest BCUT2D eigenvalue weighted by Gasteiger charge is -2.29. The predicted molar refractivity (Wildman–Crippen MR) is 99.8 cm³/mol. The van der Waals surface area contributed by atoms with E-state index in [4.69, 9.17) is 0 Å². The molecule has 1 aromatic heterocycles. The average Bonchev–Trinajstić information content (AvgIpc) is 3.37. The fraction of sp³-hybridized carbons (Fsp3) is 0.650. The first-order valence-corrected chi connectivity index (χ1v) is 9.92. The number of carbonyl (C=O) groups is 2. The van der Waals surface area contributed by atoms with Crippen molar-refractivity contribution in [2.45, 2.75) is 45.1 Å². The van der Waals surface area contributed by atoms with Crippen molar-refractivity contribution in [3.8, 4) is 0 Å². The number of imidazole rings is 1. The van der Waals surface area contributed by atoms with Crippen molar-refractivity contribution in [1.29, 1.82) is 0 Å². The van der Waals surface area contributed by atoms with Crippen LogP contribution < -0.4 is 0 Å². The molecular weight excluding hydrogens is 344 g/mol. The molecule has 0 radical (unpaired) electrons. The Kier molecular flexibility index (Phi) is 5.04. The Morgan fingerprint density at radius 2 is 2.22 bits per heavy atom. The van der Waals surface area contributed by atoms with Gasteiger partial charge in [-0.2, -0.15) is 0 Å². The summed E-state index contributed by atoms with van der Waals surface area (Å²) in [6.45, 7) is 3.91. The van der Waals surface area contributed by atoms with Crippen LogP contribution in [0.1, 0.15) is 44.3 Å². The zero-order chi connectivity index (χ0) is 18.9. The monoisotopic (exact) mass is 372 g/mol. The highest BCUT2D eigenvalue weighted by Crippen LogP contribution is 2.46. The number of nitrogens with zero attached hydrogens (tertiary/aromatic N) is 3. The summed E-state index contributed by atoms with van der Waals surface area (Å²) < 4.78 is 0. The Balaban J connectivity index is 1.43. The number of nitrogens with one attached hydrogen (secondary N) is 1. The molecule has 1 aromatic rings. The molecule has 0 bridgehead atoms. The number of amides is 1. The van der Waals surface area contributed by atoms with Crippen molar-refractivity contribution in [1.82, 2.24) is 19.8 Å². The van der Waals surface area contributed by atoms with E-state index in [1.807, 2.05) is 11.1 Å². The van der Waals surface area contributed by atoms with Crippen LogP contribution >= 0.6 is 0 Å². The number of rotatable bonds is 7. The highest BCUT2D eigenvalue weighted by Gasteiger charge is 2.53. The second-order valence-corrected chi connectivity index (χ2v) is 8.36. The van der Waals surface area contributed by atoms with Crippen LogP contribution in [0.25, 0.3) is 0 Å². The van der Waals surface area contributed by atoms with E-state index in [0.717, 1.165) is 51.3 Å². The summed E-state index contributed by atoms with van der Waals surface area (Å²) in [5, 5.41) is 9.21. The Hall–Kier alpha value is -2.15. The van der Waals surface area contributed by atoms with Crippen molar-refractivity contribution in [3.63, 3.8) is 0 Å². The molecule has 1 aliphatic carbocycles. The number of carboxylic acid groups (broad SMARTS) is 1. The summed E-state index contributed by atoms with van der Waals surface area (Å²) in [6, 6.07) is 0. The number of H-pyrrole nitrogens is 1. The minimum atomic E-state index is -0.756. The van der Waals surface area contributed by atoms with Gasteiger partial charge < -0.3 is 15.0 Å². The molecule has 3 heterocycles. The van der Waals surface area contributed by atoms with Gasteiger partial charge >= 0.3 is 5.97 Å². The topological polar surface area (TPSA) is 89.5 Å². The van der Waals surface area contributed by atoms with Crippen LogP contribution in [-0.4, -0.2) is 62.9 Å². The van der Waals surface area contributed by atoms with Crippen molar-refractivity contribution < 1.29 is 14.7 Å². The van der Waals surface area contributed by atoms with Crippen molar-refractivity contribution in [2.24, 2.45) is 11.3 Å². The molecule has 2 N–H and O–H groups in total. The molecule has 0 aromatic carbocycles. The largest absolute Gasteiger partial charge is 0.481 e. The molecule has 27 heavy (non-hydrogen) atoms. The van der Waals surface area contributed by atoms with Gasteiger partial charge in [0.1, 0.15) is 5.82 Å². The summed E-state index contributed by atoms with van der Waals surface area (Å²) in [5.41, 5.74) is 1.17. The summed E-state index contributed by atoms with van der Waals surface area (Å²) in [6.07, 6.45) is 10.4. The van der Waals surface area contributed by atoms with Crippen molar-refractivity contribution in [3.05, 3.63) is 29.9 Å². The van der Waals surface area contributed by atoms with Gasteiger partial charge in [-0.25, -0.2) is 4.98 Å². The van der Waals surface area contributed by atoms with E-state index >= 15 is 0 Å². The quantitative estimate of drug-likeness (QED) is 0.715. The molecular formula is C20H28N4O3. The van der Waals surface area contributed by atoms with E-state index in [2.05, 4.69) is 20.9 Å². The maximum absolute atomic E-state index is 12.8. The van der Waals surface area contributed by atoms with Crippen LogP contribution in [0, 0.1) is 11.3 Å². The molecule has 2 saturated heterocycles. The third-order valence-corrected chi connectivity index (χ3v) is 6.46. The molecule has 0 saturated carbocycles. The van der Waals surface area contributed by atoms with Crippen molar-refractivity contribution in [2.75, 3.05) is 26.2 Å². The molecule has 2 unspecified atom stereocenters. The second-order valence-electron chi connectivity index (χ2n) is 8.36. The van der Waals surface area contributed by atoms with Gasteiger partial charge in [-0.1, -0.05) is 11.6 Å². The minimum Gasteiger partial charge on any atom is -0.481 e. The number of aliphatic carboxylic acids is 1. The zero-order valence-corrected chi connectivity index (χ0v) is 15.7. The lowest BCUT2D eigenvalue weighted by molar-refractivity contribution is -0.137. The molecule has 1 amide bonds. The molecule has 7 heteroatoms. The SMILES string of the molecule is O=C(O)CCC12CN(Cc3ncc[nH]3)CC1CN(C(=O)CC1=CCCC1)C2. The predicted octanol–water partition coefficient (Wildman–Crippen LogP) is 2.04. The first kappa shape index (κ1) is 18.2. The number of fused-ring (bicyclic) bond motifs is 1. The molecule has 2 atom stereocenters. The summed E-state index contributed by atoms with van der Waals surface area (Å²) in [5.74, 6) is 0.733. The molecule has 7 nitrogen and oxygen atoms in total. The Bertz CT molecular complexity index is 730. The number of likely N-dealkylation sites (tertiary alicyclic amines) is 2. The fourth-order valence-electron chi connectivity index (χ4n) is 5.11. The van der Waals surface area contributed by atoms with Gasteiger partial charge in [0.15, 0.2) is 0 Å². The molecule has 2 fully saturated rings. The molecule has 4 rings (SSSR count). The smallest absolute Gasteiger partial charge is 0.303 e. The minimum absolute atomic E-state index is 0.106. The van der Waals surface area contributed by atoms with Gasteiger partial charge in [0.2, 0.25) is 5.91 Å². The highest BCUT2D eigenvalue weighted by molar-refractivity contribution is 5.79. The van der Waals surface area contributed by atoms with Gasteiger partial charge in [0.25, 0.3) is 0 Å². The Morgan fingerprint density at radius 1 is 1.33 bits per heavy atom. The van der Waals surface area contributed by atoms with Crippen LogP contribution in [0.4, 0.5) is 0 Å². The average molecular weight is 372 g/mol. The fourth-order valence-corrected chi connectivity index (χ4v) is 5.11. The number of hydrogen-bond donors (Lipinski definition) is 2. The van der Waals surface area contributed by atoms with E-state index in [0.29, 0.717) is 25.3 Å². The molecule has 3 aliphatic rings. The van der Waals surface area contributed by atoms with Gasteiger partial charge in [-0.15, -0.1) is 0 Å². The summed E-state index contributed by atoms with van der Waals surface area (Å²) >= 11 is 0. The number of carboxylic acids is 1. The van der Waals surface area contributed by atoms with E-state index in [1.54, 1.807) is 6.20 Å². The van der Waals surface area contributed by atoms with Crippen LogP contribution in [0.2, 0.25) is 0 Å². The molecule has 2 aliphatic heterocycles. The maximum atomic E-state index is 12.8. The highest BCUT2D eigenvalue weighted by atomic mass is 16.4. The van der Waals surface area contributed by atoms with E-state index < -0.39 is 5.97 Å². The number of aromatic amines is 1. The van der Waals surface area contributed by atoms with E-state index in [9.17, 15) is 14.7 Å².